The van der Waals surface area contributed by atoms with Crippen LogP contribution in [-0.4, -0.2) is 36.1 Å². The number of benzene rings is 2. The standard InChI is InChI=1S/C21H24N2O3/c1-16(18-11-7-4-8-12-18)22-20(25)23-14-13-21(23,19(24)26-2)15-17-9-5-3-6-10-17/h3-12,16H,13-15H2,1-2H3,(H,22,25)/t16-,21-/m0/s1. The summed E-state index contributed by atoms with van der Waals surface area (Å²) in [4.78, 5) is 27.0. The molecule has 136 valence electrons. The van der Waals surface area contributed by atoms with Crippen molar-refractivity contribution in [2.75, 3.05) is 13.7 Å². The highest BCUT2D eigenvalue weighted by Gasteiger charge is 2.54. The first kappa shape index (κ1) is 18.0. The molecule has 5 heteroatoms. The largest absolute Gasteiger partial charge is 0.467 e. The molecule has 2 aromatic carbocycles. The van der Waals surface area contributed by atoms with Gasteiger partial charge in [0, 0.05) is 13.0 Å². The zero-order chi connectivity index (χ0) is 18.6. The maximum Gasteiger partial charge on any atom is 0.332 e. The lowest BCUT2D eigenvalue weighted by Gasteiger charge is -2.50. The second-order valence-electron chi connectivity index (χ2n) is 6.67. The highest BCUT2D eigenvalue weighted by Crippen LogP contribution is 2.36. The highest BCUT2D eigenvalue weighted by atomic mass is 16.5. The highest BCUT2D eigenvalue weighted by molar-refractivity contribution is 5.90. The molecule has 1 heterocycles. The van der Waals surface area contributed by atoms with Gasteiger partial charge in [0.25, 0.3) is 0 Å². The fourth-order valence-corrected chi connectivity index (χ4v) is 3.47. The number of urea groups is 1. The van der Waals surface area contributed by atoms with Crippen molar-refractivity contribution in [2.24, 2.45) is 0 Å². The van der Waals surface area contributed by atoms with Crippen molar-refractivity contribution in [3.05, 3.63) is 71.8 Å². The summed E-state index contributed by atoms with van der Waals surface area (Å²) in [7, 11) is 1.37. The molecule has 0 bridgehead atoms. The average Bonchev–Trinajstić information content (AvgIpc) is 2.66. The lowest BCUT2D eigenvalue weighted by molar-refractivity contribution is -0.161. The molecule has 1 aliphatic rings. The van der Waals surface area contributed by atoms with Crippen LogP contribution in [0.1, 0.15) is 30.5 Å². The summed E-state index contributed by atoms with van der Waals surface area (Å²) in [6.45, 7) is 2.47. The molecule has 0 saturated carbocycles. The molecule has 2 atom stereocenters. The zero-order valence-corrected chi connectivity index (χ0v) is 15.1. The van der Waals surface area contributed by atoms with Gasteiger partial charge >= 0.3 is 12.0 Å². The van der Waals surface area contributed by atoms with Crippen LogP contribution in [0.5, 0.6) is 0 Å². The van der Waals surface area contributed by atoms with Crippen molar-refractivity contribution in [2.45, 2.75) is 31.3 Å². The number of likely N-dealkylation sites (tertiary alicyclic amines) is 1. The summed E-state index contributed by atoms with van der Waals surface area (Å²) in [5, 5.41) is 3.00. The maximum atomic E-state index is 12.8. The molecular formula is C21H24N2O3. The molecule has 0 radical (unpaired) electrons. The molecule has 26 heavy (non-hydrogen) atoms. The van der Waals surface area contributed by atoms with E-state index in [1.165, 1.54) is 7.11 Å². The predicted octanol–water partition coefficient (Wildman–Crippen LogP) is 3.32. The Kier molecular flexibility index (Phi) is 5.26. The molecule has 1 aliphatic heterocycles. The summed E-state index contributed by atoms with van der Waals surface area (Å²) in [5.74, 6) is -0.366. The predicted molar refractivity (Wildman–Crippen MR) is 99.6 cm³/mol. The van der Waals surface area contributed by atoms with Gasteiger partial charge in [0.15, 0.2) is 0 Å². The number of nitrogens with zero attached hydrogens (tertiary/aromatic N) is 1. The van der Waals surface area contributed by atoms with Crippen LogP contribution in [0.25, 0.3) is 0 Å². The third kappa shape index (κ3) is 3.43. The number of nitrogens with one attached hydrogen (secondary N) is 1. The molecule has 0 spiro atoms. The fourth-order valence-electron chi connectivity index (χ4n) is 3.47. The number of esters is 1. The van der Waals surface area contributed by atoms with Crippen molar-refractivity contribution in [1.82, 2.24) is 10.2 Å². The Morgan fingerprint density at radius 1 is 1.12 bits per heavy atom. The number of ether oxygens (including phenoxy) is 1. The second kappa shape index (κ2) is 7.60. The molecular weight excluding hydrogens is 328 g/mol. The third-order valence-corrected chi connectivity index (χ3v) is 5.06. The number of carbonyl (C=O) groups excluding carboxylic acids is 2. The number of amides is 2. The van der Waals surface area contributed by atoms with Crippen LogP contribution < -0.4 is 5.32 Å². The second-order valence-corrected chi connectivity index (χ2v) is 6.67. The Morgan fingerprint density at radius 2 is 1.73 bits per heavy atom. The SMILES string of the molecule is COC(=O)[C@@]1(Cc2ccccc2)CCN1C(=O)N[C@@H](C)c1ccccc1. The first-order valence-electron chi connectivity index (χ1n) is 8.82. The number of hydrogen-bond acceptors (Lipinski definition) is 3. The monoisotopic (exact) mass is 352 g/mol. The van der Waals surface area contributed by atoms with E-state index in [0.29, 0.717) is 19.4 Å². The van der Waals surface area contributed by atoms with Crippen LogP contribution in [0.3, 0.4) is 0 Å². The number of hydrogen-bond donors (Lipinski definition) is 1. The molecule has 2 aromatic rings. The summed E-state index contributed by atoms with van der Waals surface area (Å²) >= 11 is 0. The minimum Gasteiger partial charge on any atom is -0.467 e. The van der Waals surface area contributed by atoms with E-state index in [0.717, 1.165) is 11.1 Å². The Balaban J connectivity index is 1.77. The molecule has 0 aromatic heterocycles. The lowest BCUT2D eigenvalue weighted by Crippen LogP contribution is -2.69. The minimum absolute atomic E-state index is 0.142. The van der Waals surface area contributed by atoms with Crippen LogP contribution in [0, 0.1) is 0 Å². The van der Waals surface area contributed by atoms with Gasteiger partial charge in [0.1, 0.15) is 5.54 Å². The van der Waals surface area contributed by atoms with E-state index in [1.54, 1.807) is 4.90 Å². The van der Waals surface area contributed by atoms with Crippen LogP contribution in [0.15, 0.2) is 60.7 Å². The van der Waals surface area contributed by atoms with Crippen molar-refractivity contribution >= 4 is 12.0 Å². The topological polar surface area (TPSA) is 58.6 Å². The first-order valence-corrected chi connectivity index (χ1v) is 8.82. The Morgan fingerprint density at radius 3 is 2.27 bits per heavy atom. The Labute approximate surface area is 154 Å². The van der Waals surface area contributed by atoms with E-state index >= 15 is 0 Å². The van der Waals surface area contributed by atoms with E-state index in [9.17, 15) is 9.59 Å². The summed E-state index contributed by atoms with van der Waals surface area (Å²) < 4.78 is 5.04. The molecule has 3 rings (SSSR count). The molecule has 1 fully saturated rings. The van der Waals surface area contributed by atoms with Crippen LogP contribution in [0.4, 0.5) is 4.79 Å². The van der Waals surface area contributed by atoms with E-state index in [-0.39, 0.29) is 18.0 Å². The van der Waals surface area contributed by atoms with Gasteiger partial charge in [0.05, 0.1) is 13.2 Å². The molecule has 0 aliphatic carbocycles. The van der Waals surface area contributed by atoms with Crippen molar-refractivity contribution in [3.8, 4) is 0 Å². The molecule has 2 amide bonds. The number of rotatable bonds is 5. The zero-order valence-electron chi connectivity index (χ0n) is 15.1. The lowest BCUT2D eigenvalue weighted by atomic mass is 9.79. The van der Waals surface area contributed by atoms with E-state index < -0.39 is 5.54 Å². The van der Waals surface area contributed by atoms with Crippen LogP contribution >= 0.6 is 0 Å². The van der Waals surface area contributed by atoms with Gasteiger partial charge in [0.2, 0.25) is 0 Å². The van der Waals surface area contributed by atoms with Crippen molar-refractivity contribution < 1.29 is 14.3 Å². The maximum absolute atomic E-state index is 12.8. The van der Waals surface area contributed by atoms with E-state index in [2.05, 4.69) is 5.32 Å². The van der Waals surface area contributed by atoms with E-state index in [1.807, 2.05) is 67.6 Å². The molecule has 1 saturated heterocycles. The van der Waals surface area contributed by atoms with Crippen LogP contribution in [-0.2, 0) is 16.0 Å². The minimum atomic E-state index is -0.934. The Bertz CT molecular complexity index is 763. The molecule has 5 nitrogen and oxygen atoms in total. The van der Waals surface area contributed by atoms with Crippen LogP contribution in [0.2, 0.25) is 0 Å². The van der Waals surface area contributed by atoms with Gasteiger partial charge in [-0.2, -0.15) is 0 Å². The van der Waals surface area contributed by atoms with Gasteiger partial charge in [-0.3, -0.25) is 0 Å². The van der Waals surface area contributed by atoms with E-state index in [4.69, 9.17) is 4.74 Å². The average molecular weight is 352 g/mol. The molecule has 1 N–H and O–H groups in total. The van der Waals surface area contributed by atoms with Crippen molar-refractivity contribution in [3.63, 3.8) is 0 Å². The molecule has 0 unspecified atom stereocenters. The van der Waals surface area contributed by atoms with Gasteiger partial charge < -0.3 is 15.0 Å². The third-order valence-electron chi connectivity index (χ3n) is 5.06. The summed E-state index contributed by atoms with van der Waals surface area (Å²) in [6.07, 6.45) is 1.05. The smallest absolute Gasteiger partial charge is 0.332 e. The fraction of sp³-hybridized carbons (Fsp3) is 0.333. The Hall–Kier alpha value is -2.82. The van der Waals surface area contributed by atoms with Gasteiger partial charge in [-0.1, -0.05) is 60.7 Å². The van der Waals surface area contributed by atoms with Gasteiger partial charge in [-0.15, -0.1) is 0 Å². The van der Waals surface area contributed by atoms with Gasteiger partial charge in [-0.25, -0.2) is 9.59 Å². The normalized spacial score (nSPS) is 20.0. The quantitative estimate of drug-likeness (QED) is 0.840. The summed E-state index contributed by atoms with van der Waals surface area (Å²) in [6, 6.07) is 19.1. The summed E-state index contributed by atoms with van der Waals surface area (Å²) in [5.41, 5.74) is 1.09. The number of methoxy groups -OCH3 is 1. The van der Waals surface area contributed by atoms with Gasteiger partial charge in [-0.05, 0) is 24.5 Å². The first-order chi connectivity index (χ1) is 12.6. The number of carbonyl (C=O) groups is 2. The van der Waals surface area contributed by atoms with Crippen molar-refractivity contribution in [1.29, 1.82) is 0 Å².